The van der Waals surface area contributed by atoms with Crippen molar-refractivity contribution in [2.45, 2.75) is 58.7 Å². The van der Waals surface area contributed by atoms with Crippen LogP contribution in [0.15, 0.2) is 24.3 Å². The van der Waals surface area contributed by atoms with Gasteiger partial charge in [-0.25, -0.2) is 9.97 Å². The van der Waals surface area contributed by atoms with Gasteiger partial charge in [0, 0.05) is 62.2 Å². The molecule has 1 amide bonds. The Morgan fingerprint density at radius 3 is 2.51 bits per heavy atom. The van der Waals surface area contributed by atoms with E-state index in [1.807, 2.05) is 29.2 Å². The van der Waals surface area contributed by atoms with Crippen molar-refractivity contribution in [3.8, 4) is 0 Å². The fourth-order valence-electron chi connectivity index (χ4n) is 5.05. The molecule has 8 nitrogen and oxygen atoms in total. The first-order valence-electron chi connectivity index (χ1n) is 12.2. The van der Waals surface area contributed by atoms with Gasteiger partial charge in [-0.15, -0.1) is 0 Å². The quantitative estimate of drug-likeness (QED) is 0.462. The first kappa shape index (κ1) is 25.3. The normalized spacial score (nSPS) is 19.1. The molecule has 1 saturated heterocycles. The van der Waals surface area contributed by atoms with E-state index in [2.05, 4.69) is 30.6 Å². The van der Waals surface area contributed by atoms with Crippen molar-refractivity contribution >= 4 is 35.5 Å². The minimum atomic E-state index is -0.469. The molecule has 2 aliphatic heterocycles. The number of nitrogens with one attached hydrogen (secondary N) is 1. The summed E-state index contributed by atoms with van der Waals surface area (Å²) >= 11 is 6.27. The molecule has 186 valence electrons. The molecule has 0 saturated carbocycles. The molecule has 1 fully saturated rings. The van der Waals surface area contributed by atoms with Gasteiger partial charge in [0.15, 0.2) is 0 Å². The second-order valence-corrected chi connectivity index (χ2v) is 9.94. The van der Waals surface area contributed by atoms with Crippen LogP contribution in [-0.2, 0) is 16.1 Å². The zero-order valence-electron chi connectivity index (χ0n) is 20.8. The van der Waals surface area contributed by atoms with Crippen LogP contribution in [0.5, 0.6) is 0 Å². The van der Waals surface area contributed by atoms with E-state index < -0.39 is 6.04 Å². The van der Waals surface area contributed by atoms with Crippen molar-refractivity contribution in [2.24, 2.45) is 0 Å². The maximum Gasteiger partial charge on any atom is 0.226 e. The van der Waals surface area contributed by atoms with Gasteiger partial charge in [0.05, 0.1) is 17.1 Å². The average Bonchev–Trinajstić information content (AvgIpc) is 3.23. The van der Waals surface area contributed by atoms with Crippen molar-refractivity contribution in [3.05, 3.63) is 51.8 Å². The Morgan fingerprint density at radius 2 is 1.94 bits per heavy atom. The van der Waals surface area contributed by atoms with E-state index in [1.54, 1.807) is 6.92 Å². The SMILES string of the molecule is CCC(C(=N)c1nc(N2CCN(C(C)=O)CC2)nc2c1CN(C(C)C)C2C=O)c1cccc(Cl)c1. The van der Waals surface area contributed by atoms with E-state index in [1.165, 1.54) is 0 Å². The Labute approximate surface area is 211 Å². The van der Waals surface area contributed by atoms with Crippen LogP contribution in [0.4, 0.5) is 5.95 Å². The fraction of sp³-hybridized carbons (Fsp3) is 0.500. The first-order valence-corrected chi connectivity index (χ1v) is 12.6. The van der Waals surface area contributed by atoms with Gasteiger partial charge in [-0.3, -0.25) is 9.69 Å². The number of fused-ring (bicyclic) bond motifs is 1. The van der Waals surface area contributed by atoms with Crippen LogP contribution in [0.2, 0.25) is 5.02 Å². The van der Waals surface area contributed by atoms with E-state index in [0.717, 1.165) is 23.8 Å². The summed E-state index contributed by atoms with van der Waals surface area (Å²) in [7, 11) is 0. The molecule has 3 heterocycles. The van der Waals surface area contributed by atoms with Crippen molar-refractivity contribution in [3.63, 3.8) is 0 Å². The summed E-state index contributed by atoms with van der Waals surface area (Å²) in [5, 5.41) is 9.88. The number of piperazine rings is 1. The molecular formula is C26H33ClN6O2. The number of aromatic nitrogens is 2. The van der Waals surface area contributed by atoms with Crippen LogP contribution in [0.25, 0.3) is 0 Å². The minimum absolute atomic E-state index is 0.0582. The van der Waals surface area contributed by atoms with Crippen LogP contribution in [-0.4, -0.2) is 69.9 Å². The molecule has 0 spiro atoms. The summed E-state index contributed by atoms with van der Waals surface area (Å²) in [6.07, 6.45) is 1.66. The molecule has 4 rings (SSSR count). The molecule has 35 heavy (non-hydrogen) atoms. The van der Waals surface area contributed by atoms with Gasteiger partial charge in [-0.2, -0.15) is 0 Å². The molecular weight excluding hydrogens is 464 g/mol. The number of anilines is 1. The molecule has 1 aromatic carbocycles. The van der Waals surface area contributed by atoms with Gasteiger partial charge in [0.1, 0.15) is 12.3 Å². The molecule has 1 aromatic heterocycles. The maximum atomic E-state index is 12.2. The number of benzene rings is 1. The van der Waals surface area contributed by atoms with Gasteiger partial charge in [0.25, 0.3) is 0 Å². The van der Waals surface area contributed by atoms with E-state index in [9.17, 15) is 15.0 Å². The Kier molecular flexibility index (Phi) is 7.52. The lowest BCUT2D eigenvalue weighted by Crippen LogP contribution is -2.48. The van der Waals surface area contributed by atoms with Crippen LogP contribution < -0.4 is 4.90 Å². The lowest BCUT2D eigenvalue weighted by Gasteiger charge is -2.34. The summed E-state index contributed by atoms with van der Waals surface area (Å²) in [4.78, 5) is 39.7. The Bertz CT molecular complexity index is 1130. The van der Waals surface area contributed by atoms with E-state index in [0.29, 0.717) is 60.8 Å². The van der Waals surface area contributed by atoms with E-state index >= 15 is 0 Å². The Hall–Kier alpha value is -2.84. The number of aldehydes is 1. The highest BCUT2D eigenvalue weighted by Crippen LogP contribution is 2.37. The summed E-state index contributed by atoms with van der Waals surface area (Å²) in [6, 6.07) is 7.30. The average molecular weight is 497 g/mol. The molecule has 2 aliphatic rings. The van der Waals surface area contributed by atoms with Crippen LogP contribution in [0.3, 0.4) is 0 Å². The summed E-state index contributed by atoms with van der Waals surface area (Å²) < 4.78 is 0. The molecule has 2 unspecified atom stereocenters. The van der Waals surface area contributed by atoms with Crippen LogP contribution in [0, 0.1) is 5.41 Å². The fourth-order valence-corrected chi connectivity index (χ4v) is 5.25. The zero-order chi connectivity index (χ0) is 25.3. The number of hydrogen-bond acceptors (Lipinski definition) is 7. The third-order valence-corrected chi connectivity index (χ3v) is 7.30. The number of carbonyl (C=O) groups is 2. The Balaban J connectivity index is 1.78. The highest BCUT2D eigenvalue weighted by molar-refractivity contribution is 6.30. The van der Waals surface area contributed by atoms with Crippen LogP contribution in [0.1, 0.15) is 68.6 Å². The van der Waals surface area contributed by atoms with Crippen molar-refractivity contribution in [1.82, 2.24) is 19.8 Å². The summed E-state index contributed by atoms with van der Waals surface area (Å²) in [5.74, 6) is 0.394. The molecule has 0 bridgehead atoms. The van der Waals surface area contributed by atoms with E-state index in [-0.39, 0.29) is 17.9 Å². The second kappa shape index (κ2) is 10.4. The van der Waals surface area contributed by atoms with E-state index in [4.69, 9.17) is 21.6 Å². The summed E-state index contributed by atoms with van der Waals surface area (Å²) in [6.45, 7) is 10.7. The Morgan fingerprint density at radius 1 is 1.23 bits per heavy atom. The third kappa shape index (κ3) is 4.95. The third-order valence-electron chi connectivity index (χ3n) is 7.07. The van der Waals surface area contributed by atoms with Gasteiger partial charge >= 0.3 is 0 Å². The molecule has 2 aromatic rings. The van der Waals surface area contributed by atoms with Crippen molar-refractivity contribution in [2.75, 3.05) is 31.1 Å². The number of carbonyl (C=O) groups excluding carboxylic acids is 2. The van der Waals surface area contributed by atoms with Gasteiger partial charge in [0.2, 0.25) is 11.9 Å². The number of hydrogen-bond donors (Lipinski definition) is 1. The molecule has 0 radical (unpaired) electrons. The lowest BCUT2D eigenvalue weighted by molar-refractivity contribution is -0.129. The lowest BCUT2D eigenvalue weighted by atomic mass is 9.88. The van der Waals surface area contributed by atoms with Gasteiger partial charge < -0.3 is 20.0 Å². The molecule has 9 heteroatoms. The summed E-state index contributed by atoms with van der Waals surface area (Å²) in [5.41, 5.74) is 3.52. The molecule has 1 N–H and O–H groups in total. The van der Waals surface area contributed by atoms with Crippen molar-refractivity contribution < 1.29 is 9.59 Å². The largest absolute Gasteiger partial charge is 0.339 e. The minimum Gasteiger partial charge on any atom is -0.339 e. The second-order valence-electron chi connectivity index (χ2n) is 9.51. The molecule has 0 aliphatic carbocycles. The zero-order valence-corrected chi connectivity index (χ0v) is 21.5. The topological polar surface area (TPSA) is 93.5 Å². The van der Waals surface area contributed by atoms with Gasteiger partial charge in [-0.05, 0) is 38.0 Å². The first-order chi connectivity index (χ1) is 16.7. The number of amides is 1. The van der Waals surface area contributed by atoms with Crippen LogP contribution >= 0.6 is 11.6 Å². The number of nitrogens with zero attached hydrogens (tertiary/aromatic N) is 5. The predicted molar refractivity (Wildman–Crippen MR) is 137 cm³/mol. The standard InChI is InChI=1S/C26H33ClN6O2/c1-5-20(18-7-6-8-19(27)13-18)23(28)25-21-14-33(16(2)3)22(15-34)24(21)29-26(30-25)32-11-9-31(10-12-32)17(4)35/h6-8,13,15-16,20,22,28H,5,9-12,14H2,1-4H3. The molecule has 2 atom stereocenters. The number of rotatable bonds is 7. The van der Waals surface area contributed by atoms with Gasteiger partial charge in [-0.1, -0.05) is 30.7 Å². The smallest absolute Gasteiger partial charge is 0.226 e. The predicted octanol–water partition coefficient (Wildman–Crippen LogP) is 3.82. The maximum absolute atomic E-state index is 12.2. The highest BCUT2D eigenvalue weighted by atomic mass is 35.5. The highest BCUT2D eigenvalue weighted by Gasteiger charge is 2.38. The van der Waals surface area contributed by atoms with Crippen molar-refractivity contribution in [1.29, 1.82) is 5.41 Å². The monoisotopic (exact) mass is 496 g/mol. The number of halogens is 1.